The maximum absolute atomic E-state index is 13.8. The molecule has 0 bridgehead atoms. The maximum Gasteiger partial charge on any atom is 0.256 e. The number of carbonyl (C=O) groups excluding carboxylic acids is 1. The quantitative estimate of drug-likeness (QED) is 0.646. The molecular formula is C19H18Cl2FNO3. The van der Waals surface area contributed by atoms with Gasteiger partial charge in [-0.15, -0.1) is 0 Å². The average Bonchev–Trinajstić information content (AvgIpc) is 3.47. The lowest BCUT2D eigenvalue weighted by Gasteiger charge is -2.24. The van der Waals surface area contributed by atoms with Crippen LogP contribution < -0.4 is 9.47 Å². The van der Waals surface area contributed by atoms with Gasteiger partial charge in [0.1, 0.15) is 17.3 Å². The van der Waals surface area contributed by atoms with Gasteiger partial charge in [-0.3, -0.25) is 4.79 Å². The SMILES string of the molecule is COc1ccc(OC)c(CN(C(=O)c2cc(F)c(Cl)cc2Cl)C2CC2)c1. The fraction of sp³-hybridized carbons (Fsp3) is 0.316. The van der Waals surface area contributed by atoms with E-state index < -0.39 is 5.82 Å². The number of halogens is 3. The highest BCUT2D eigenvalue weighted by Gasteiger charge is 2.34. The third kappa shape index (κ3) is 3.89. The molecule has 0 aromatic heterocycles. The van der Waals surface area contributed by atoms with Crippen molar-refractivity contribution >= 4 is 29.1 Å². The predicted octanol–water partition coefficient (Wildman–Crippen LogP) is 4.95. The van der Waals surface area contributed by atoms with Crippen LogP contribution in [0.4, 0.5) is 4.39 Å². The van der Waals surface area contributed by atoms with Gasteiger partial charge in [-0.2, -0.15) is 0 Å². The van der Waals surface area contributed by atoms with Crippen LogP contribution in [0.2, 0.25) is 10.0 Å². The summed E-state index contributed by atoms with van der Waals surface area (Å²) in [7, 11) is 3.14. The van der Waals surface area contributed by atoms with Gasteiger partial charge in [0.25, 0.3) is 5.91 Å². The zero-order chi connectivity index (χ0) is 18.8. The minimum absolute atomic E-state index is 0.0909. The van der Waals surface area contributed by atoms with Crippen LogP contribution in [0, 0.1) is 5.82 Å². The number of benzene rings is 2. The summed E-state index contributed by atoms with van der Waals surface area (Å²) in [5.74, 6) is 0.310. The lowest BCUT2D eigenvalue weighted by molar-refractivity contribution is 0.0728. The second-order valence-corrected chi connectivity index (χ2v) is 6.90. The molecule has 4 nitrogen and oxygen atoms in total. The Bertz CT molecular complexity index is 840. The molecule has 1 aliphatic carbocycles. The fourth-order valence-corrected chi connectivity index (χ4v) is 3.25. The van der Waals surface area contributed by atoms with Gasteiger partial charge in [0, 0.05) is 11.6 Å². The molecule has 1 saturated carbocycles. The first kappa shape index (κ1) is 18.8. The molecule has 3 rings (SSSR count). The molecule has 0 N–H and O–H groups in total. The van der Waals surface area contributed by atoms with Crippen LogP contribution in [0.25, 0.3) is 0 Å². The van der Waals surface area contributed by atoms with Crippen molar-refractivity contribution in [3.63, 3.8) is 0 Å². The first-order valence-electron chi connectivity index (χ1n) is 8.11. The third-order valence-electron chi connectivity index (χ3n) is 4.32. The topological polar surface area (TPSA) is 38.8 Å². The number of hydrogen-bond donors (Lipinski definition) is 0. The van der Waals surface area contributed by atoms with E-state index in [9.17, 15) is 9.18 Å². The van der Waals surface area contributed by atoms with Crippen LogP contribution in [-0.4, -0.2) is 31.1 Å². The van der Waals surface area contributed by atoms with Crippen LogP contribution in [0.1, 0.15) is 28.8 Å². The van der Waals surface area contributed by atoms with E-state index in [1.165, 1.54) is 6.07 Å². The van der Waals surface area contributed by atoms with Crippen LogP contribution in [0.5, 0.6) is 11.5 Å². The summed E-state index contributed by atoms with van der Waals surface area (Å²) >= 11 is 11.9. The van der Waals surface area contributed by atoms with Gasteiger partial charge >= 0.3 is 0 Å². The number of carbonyl (C=O) groups is 1. The molecule has 0 saturated heterocycles. The van der Waals surface area contributed by atoms with Crippen LogP contribution >= 0.6 is 23.2 Å². The number of hydrogen-bond acceptors (Lipinski definition) is 3. The largest absolute Gasteiger partial charge is 0.497 e. The lowest BCUT2D eigenvalue weighted by atomic mass is 10.1. The van der Waals surface area contributed by atoms with E-state index in [0.717, 1.165) is 24.5 Å². The molecule has 1 fully saturated rings. The van der Waals surface area contributed by atoms with E-state index in [4.69, 9.17) is 32.7 Å². The van der Waals surface area contributed by atoms with Crippen molar-refractivity contribution < 1.29 is 18.7 Å². The van der Waals surface area contributed by atoms with Crippen molar-refractivity contribution in [3.05, 3.63) is 57.3 Å². The first-order chi connectivity index (χ1) is 12.4. The van der Waals surface area contributed by atoms with Gasteiger partial charge in [0.05, 0.1) is 36.4 Å². The van der Waals surface area contributed by atoms with Crippen molar-refractivity contribution in [1.82, 2.24) is 4.90 Å². The zero-order valence-corrected chi connectivity index (χ0v) is 15.9. The molecule has 0 heterocycles. The van der Waals surface area contributed by atoms with Crippen molar-refractivity contribution in [2.24, 2.45) is 0 Å². The standard InChI is InChI=1S/C19H18Cl2FNO3/c1-25-13-5-6-18(26-2)11(7-13)10-23(12-3-4-12)19(24)14-8-17(22)16(21)9-15(14)20/h5-9,12H,3-4,10H2,1-2H3. The normalized spacial score (nSPS) is 13.4. The summed E-state index contributed by atoms with van der Waals surface area (Å²) in [5, 5.41) is 0.0173. The Morgan fingerprint density at radius 2 is 1.88 bits per heavy atom. The van der Waals surface area contributed by atoms with E-state index in [-0.39, 0.29) is 27.6 Å². The Morgan fingerprint density at radius 1 is 1.15 bits per heavy atom. The van der Waals surface area contributed by atoms with Crippen molar-refractivity contribution in [3.8, 4) is 11.5 Å². The Morgan fingerprint density at radius 3 is 2.50 bits per heavy atom. The molecular weight excluding hydrogens is 380 g/mol. The molecule has 0 radical (unpaired) electrons. The minimum atomic E-state index is -0.672. The predicted molar refractivity (Wildman–Crippen MR) is 98.9 cm³/mol. The number of rotatable bonds is 6. The summed E-state index contributed by atoms with van der Waals surface area (Å²) in [6.45, 7) is 0.310. The van der Waals surface area contributed by atoms with Gasteiger partial charge in [0.15, 0.2) is 0 Å². The highest BCUT2D eigenvalue weighted by atomic mass is 35.5. The van der Waals surface area contributed by atoms with Crippen molar-refractivity contribution in [2.45, 2.75) is 25.4 Å². The van der Waals surface area contributed by atoms with E-state index >= 15 is 0 Å². The van der Waals surface area contributed by atoms with Crippen LogP contribution in [-0.2, 0) is 6.54 Å². The summed E-state index contributed by atoms with van der Waals surface area (Å²) in [5.41, 5.74) is 0.903. The molecule has 1 aliphatic rings. The van der Waals surface area contributed by atoms with Gasteiger partial charge in [-0.05, 0) is 43.2 Å². The molecule has 2 aromatic rings. The van der Waals surface area contributed by atoms with Gasteiger partial charge < -0.3 is 14.4 Å². The molecule has 0 atom stereocenters. The highest BCUT2D eigenvalue weighted by molar-refractivity contribution is 6.36. The molecule has 0 unspecified atom stereocenters. The van der Waals surface area contributed by atoms with Crippen molar-refractivity contribution in [2.75, 3.05) is 14.2 Å². The van der Waals surface area contributed by atoms with E-state index in [1.807, 2.05) is 6.07 Å². The highest BCUT2D eigenvalue weighted by Crippen LogP contribution is 2.34. The summed E-state index contributed by atoms with van der Waals surface area (Å²) in [6.07, 6.45) is 1.79. The minimum Gasteiger partial charge on any atom is -0.497 e. The zero-order valence-electron chi connectivity index (χ0n) is 14.4. The lowest BCUT2D eigenvalue weighted by Crippen LogP contribution is -2.33. The van der Waals surface area contributed by atoms with E-state index in [2.05, 4.69) is 0 Å². The fourth-order valence-electron chi connectivity index (χ4n) is 2.78. The molecule has 7 heteroatoms. The second kappa shape index (κ2) is 7.72. The molecule has 0 aliphatic heterocycles. The first-order valence-corrected chi connectivity index (χ1v) is 8.86. The number of ether oxygens (including phenoxy) is 2. The van der Waals surface area contributed by atoms with Crippen LogP contribution in [0.15, 0.2) is 30.3 Å². The number of nitrogens with zero attached hydrogens (tertiary/aromatic N) is 1. The molecule has 138 valence electrons. The third-order valence-corrected chi connectivity index (χ3v) is 4.92. The molecule has 1 amide bonds. The molecule has 0 spiro atoms. The Labute approximate surface area is 161 Å². The Balaban J connectivity index is 1.94. The van der Waals surface area contributed by atoms with Crippen molar-refractivity contribution in [1.29, 1.82) is 0 Å². The Kier molecular flexibility index (Phi) is 5.58. The van der Waals surface area contributed by atoms with E-state index in [0.29, 0.717) is 18.0 Å². The van der Waals surface area contributed by atoms with Gasteiger partial charge in [-0.25, -0.2) is 4.39 Å². The smallest absolute Gasteiger partial charge is 0.256 e. The summed E-state index contributed by atoms with van der Waals surface area (Å²) in [4.78, 5) is 14.7. The monoisotopic (exact) mass is 397 g/mol. The van der Waals surface area contributed by atoms with Gasteiger partial charge in [-0.1, -0.05) is 23.2 Å². The second-order valence-electron chi connectivity index (χ2n) is 6.09. The number of methoxy groups -OCH3 is 2. The molecule has 2 aromatic carbocycles. The summed E-state index contributed by atoms with van der Waals surface area (Å²) < 4.78 is 24.5. The van der Waals surface area contributed by atoms with E-state index in [1.54, 1.807) is 31.3 Å². The molecule has 26 heavy (non-hydrogen) atoms. The van der Waals surface area contributed by atoms with Gasteiger partial charge in [0.2, 0.25) is 0 Å². The summed E-state index contributed by atoms with van der Waals surface area (Å²) in [6, 6.07) is 7.84. The maximum atomic E-state index is 13.8. The van der Waals surface area contributed by atoms with Crippen LogP contribution in [0.3, 0.4) is 0 Å². The number of amides is 1. The Hall–Kier alpha value is -1.98. The average molecular weight is 398 g/mol.